The van der Waals surface area contributed by atoms with Crippen LogP contribution in [0.15, 0.2) is 11.4 Å². The third kappa shape index (κ3) is 1.39. The Morgan fingerprint density at radius 3 is 2.75 bits per heavy atom. The van der Waals surface area contributed by atoms with Crippen LogP contribution in [0.5, 0.6) is 0 Å². The van der Waals surface area contributed by atoms with E-state index in [9.17, 15) is 0 Å². The van der Waals surface area contributed by atoms with Crippen LogP contribution in [0.3, 0.4) is 0 Å². The van der Waals surface area contributed by atoms with E-state index in [0.29, 0.717) is 5.41 Å². The highest BCUT2D eigenvalue weighted by atomic mass is 35.5. The van der Waals surface area contributed by atoms with Gasteiger partial charge in [-0.05, 0) is 31.9 Å². The minimum absolute atomic E-state index is 0.423. The SMILES string of the molecule is NCCC1(c2cc(Cl)cs2)CC1. The summed E-state index contributed by atoms with van der Waals surface area (Å²) in [5.41, 5.74) is 5.99. The van der Waals surface area contributed by atoms with Gasteiger partial charge < -0.3 is 5.73 Å². The van der Waals surface area contributed by atoms with Gasteiger partial charge in [0.05, 0.1) is 5.02 Å². The molecule has 1 aliphatic carbocycles. The lowest BCUT2D eigenvalue weighted by molar-refractivity contribution is 0.641. The van der Waals surface area contributed by atoms with E-state index in [1.807, 2.05) is 5.38 Å². The lowest BCUT2D eigenvalue weighted by Crippen LogP contribution is -2.11. The number of nitrogens with two attached hydrogens (primary N) is 1. The summed E-state index contributed by atoms with van der Waals surface area (Å²) in [6, 6.07) is 2.09. The molecule has 1 aliphatic rings. The maximum Gasteiger partial charge on any atom is 0.0515 e. The smallest absolute Gasteiger partial charge is 0.0515 e. The van der Waals surface area contributed by atoms with Crippen LogP contribution in [0, 0.1) is 0 Å². The van der Waals surface area contributed by atoms with Crippen molar-refractivity contribution in [3.8, 4) is 0 Å². The first-order chi connectivity index (χ1) is 5.77. The summed E-state index contributed by atoms with van der Waals surface area (Å²) in [6.45, 7) is 0.787. The minimum atomic E-state index is 0.423. The van der Waals surface area contributed by atoms with Gasteiger partial charge in [0.25, 0.3) is 0 Å². The highest BCUT2D eigenvalue weighted by Crippen LogP contribution is 2.53. The molecule has 0 aliphatic heterocycles. The molecule has 66 valence electrons. The van der Waals surface area contributed by atoms with E-state index in [0.717, 1.165) is 18.0 Å². The van der Waals surface area contributed by atoms with Crippen LogP contribution < -0.4 is 5.73 Å². The first-order valence-electron chi connectivity index (χ1n) is 4.21. The number of halogens is 1. The van der Waals surface area contributed by atoms with Crippen molar-refractivity contribution in [2.45, 2.75) is 24.7 Å². The molecule has 1 aromatic heterocycles. The number of hydrogen-bond acceptors (Lipinski definition) is 2. The topological polar surface area (TPSA) is 26.0 Å². The number of hydrogen-bond donors (Lipinski definition) is 1. The van der Waals surface area contributed by atoms with Crippen molar-refractivity contribution in [3.63, 3.8) is 0 Å². The van der Waals surface area contributed by atoms with Gasteiger partial charge in [-0.15, -0.1) is 11.3 Å². The summed E-state index contributed by atoms with van der Waals surface area (Å²) in [6.07, 6.45) is 3.70. The highest BCUT2D eigenvalue weighted by molar-refractivity contribution is 7.10. The summed E-state index contributed by atoms with van der Waals surface area (Å²) in [5.74, 6) is 0. The molecule has 0 amide bonds. The Bertz CT molecular complexity index is 278. The maximum atomic E-state index is 5.87. The molecule has 0 saturated heterocycles. The van der Waals surface area contributed by atoms with Crippen LogP contribution in [0.25, 0.3) is 0 Å². The Hall–Kier alpha value is -0.0500. The summed E-state index contributed by atoms with van der Waals surface area (Å²) in [5, 5.41) is 2.88. The van der Waals surface area contributed by atoms with Gasteiger partial charge in [0.1, 0.15) is 0 Å². The van der Waals surface area contributed by atoms with Crippen LogP contribution in [0.2, 0.25) is 5.02 Å². The van der Waals surface area contributed by atoms with Crippen LogP contribution in [-0.4, -0.2) is 6.54 Å². The van der Waals surface area contributed by atoms with Gasteiger partial charge in [-0.3, -0.25) is 0 Å². The lowest BCUT2D eigenvalue weighted by atomic mass is 10.0. The zero-order chi connectivity index (χ0) is 8.60. The van der Waals surface area contributed by atoms with E-state index < -0.39 is 0 Å². The van der Waals surface area contributed by atoms with Crippen molar-refractivity contribution in [3.05, 3.63) is 21.3 Å². The molecular formula is C9H12ClNS. The molecule has 1 saturated carbocycles. The average molecular weight is 202 g/mol. The van der Waals surface area contributed by atoms with Crippen molar-refractivity contribution in [2.24, 2.45) is 5.73 Å². The molecule has 0 spiro atoms. The van der Waals surface area contributed by atoms with Crippen molar-refractivity contribution in [1.29, 1.82) is 0 Å². The van der Waals surface area contributed by atoms with Crippen molar-refractivity contribution >= 4 is 22.9 Å². The zero-order valence-electron chi connectivity index (χ0n) is 6.85. The molecule has 1 nitrogen and oxygen atoms in total. The van der Waals surface area contributed by atoms with Crippen LogP contribution in [-0.2, 0) is 5.41 Å². The third-order valence-electron chi connectivity index (χ3n) is 2.57. The van der Waals surface area contributed by atoms with Crippen molar-refractivity contribution < 1.29 is 0 Å². The Morgan fingerprint density at radius 1 is 1.58 bits per heavy atom. The van der Waals surface area contributed by atoms with Gasteiger partial charge in [0.15, 0.2) is 0 Å². The molecular weight excluding hydrogens is 190 g/mol. The Labute approximate surface area is 81.5 Å². The molecule has 0 bridgehead atoms. The second kappa shape index (κ2) is 3.02. The van der Waals surface area contributed by atoms with Gasteiger partial charge in [0.2, 0.25) is 0 Å². The molecule has 12 heavy (non-hydrogen) atoms. The van der Waals surface area contributed by atoms with E-state index in [1.54, 1.807) is 11.3 Å². The predicted octanol–water partition coefficient (Wildman–Crippen LogP) is 2.78. The van der Waals surface area contributed by atoms with Crippen LogP contribution in [0.1, 0.15) is 24.1 Å². The maximum absolute atomic E-state index is 5.87. The van der Waals surface area contributed by atoms with E-state index in [1.165, 1.54) is 17.7 Å². The second-order valence-electron chi connectivity index (χ2n) is 3.45. The lowest BCUT2D eigenvalue weighted by Gasteiger charge is -2.10. The number of rotatable bonds is 3. The summed E-state index contributed by atoms with van der Waals surface area (Å²) < 4.78 is 0. The van der Waals surface area contributed by atoms with Crippen LogP contribution >= 0.6 is 22.9 Å². The average Bonchev–Trinajstić information content (AvgIpc) is 2.69. The largest absolute Gasteiger partial charge is 0.330 e. The molecule has 2 N–H and O–H groups in total. The standard InChI is InChI=1S/C9H12ClNS/c10-7-5-8(12-6-7)9(1-2-9)3-4-11/h5-6H,1-4,11H2. The molecule has 3 heteroatoms. The first kappa shape index (κ1) is 8.54. The number of thiophene rings is 1. The molecule has 0 atom stereocenters. The fraction of sp³-hybridized carbons (Fsp3) is 0.556. The van der Waals surface area contributed by atoms with Gasteiger partial charge in [-0.2, -0.15) is 0 Å². The molecule has 2 rings (SSSR count). The molecule has 1 aromatic rings. The zero-order valence-corrected chi connectivity index (χ0v) is 8.42. The predicted molar refractivity (Wildman–Crippen MR) is 53.9 cm³/mol. The van der Waals surface area contributed by atoms with Gasteiger partial charge in [-0.25, -0.2) is 0 Å². The first-order valence-corrected chi connectivity index (χ1v) is 5.47. The minimum Gasteiger partial charge on any atom is -0.330 e. The van der Waals surface area contributed by atoms with E-state index >= 15 is 0 Å². The van der Waals surface area contributed by atoms with Crippen molar-refractivity contribution in [1.82, 2.24) is 0 Å². The fourth-order valence-corrected chi connectivity index (χ4v) is 3.00. The van der Waals surface area contributed by atoms with E-state index in [-0.39, 0.29) is 0 Å². The Morgan fingerprint density at radius 2 is 2.33 bits per heavy atom. The Kier molecular flexibility index (Phi) is 2.15. The fourth-order valence-electron chi connectivity index (χ4n) is 1.64. The Balaban J connectivity index is 2.18. The molecule has 0 unspecified atom stereocenters. The third-order valence-corrected chi connectivity index (χ3v) is 4.09. The normalized spacial score (nSPS) is 19.5. The summed E-state index contributed by atoms with van der Waals surface area (Å²) in [4.78, 5) is 1.43. The molecule has 0 aromatic carbocycles. The monoisotopic (exact) mass is 201 g/mol. The summed E-state index contributed by atoms with van der Waals surface area (Å²) in [7, 11) is 0. The highest BCUT2D eigenvalue weighted by Gasteiger charge is 2.44. The van der Waals surface area contributed by atoms with Gasteiger partial charge in [-0.1, -0.05) is 11.6 Å². The quantitative estimate of drug-likeness (QED) is 0.800. The van der Waals surface area contributed by atoms with E-state index in [4.69, 9.17) is 17.3 Å². The molecule has 0 radical (unpaired) electrons. The van der Waals surface area contributed by atoms with Gasteiger partial charge in [0, 0.05) is 15.7 Å². The molecule has 1 heterocycles. The van der Waals surface area contributed by atoms with Crippen LogP contribution in [0.4, 0.5) is 0 Å². The molecule has 1 fully saturated rings. The second-order valence-corrected chi connectivity index (χ2v) is 4.80. The summed E-state index contributed by atoms with van der Waals surface area (Å²) >= 11 is 7.64. The van der Waals surface area contributed by atoms with Gasteiger partial charge >= 0.3 is 0 Å². The van der Waals surface area contributed by atoms with E-state index in [2.05, 4.69) is 6.07 Å². The van der Waals surface area contributed by atoms with Crippen molar-refractivity contribution in [2.75, 3.05) is 6.54 Å².